The van der Waals surface area contributed by atoms with E-state index in [1.165, 1.54) is 0 Å². The summed E-state index contributed by atoms with van der Waals surface area (Å²) in [6.07, 6.45) is 5.79. The Balaban J connectivity index is 1.72. The van der Waals surface area contributed by atoms with Crippen LogP contribution in [-0.2, 0) is 16.0 Å². The third kappa shape index (κ3) is 5.49. The number of nitrogens with zero attached hydrogens (tertiary/aromatic N) is 2. The van der Waals surface area contributed by atoms with Crippen LogP contribution in [0.15, 0.2) is 36.4 Å². The maximum Gasteiger partial charge on any atom is 0.228 e. The number of halogens is 1. The van der Waals surface area contributed by atoms with Gasteiger partial charge in [0, 0.05) is 23.7 Å². The van der Waals surface area contributed by atoms with Gasteiger partial charge in [0.1, 0.15) is 0 Å². The molecule has 6 nitrogen and oxygen atoms in total. The molecule has 0 radical (unpaired) electrons. The van der Waals surface area contributed by atoms with E-state index in [1.807, 2.05) is 55.1 Å². The number of amides is 2. The lowest BCUT2D eigenvalue weighted by Crippen LogP contribution is -2.50. The quantitative estimate of drug-likeness (QED) is 0.399. The Morgan fingerprint density at radius 2 is 1.81 bits per heavy atom. The lowest BCUT2D eigenvalue weighted by Gasteiger charge is -2.46. The van der Waals surface area contributed by atoms with Gasteiger partial charge in [0.2, 0.25) is 12.3 Å². The largest absolute Gasteiger partial charge is 0.493 e. The molecule has 1 aliphatic heterocycles. The molecule has 4 rings (SSSR count). The van der Waals surface area contributed by atoms with Crippen molar-refractivity contribution in [2.24, 2.45) is 0 Å². The van der Waals surface area contributed by atoms with E-state index in [1.54, 1.807) is 7.11 Å². The maximum atomic E-state index is 13.7. The molecule has 1 heterocycles. The summed E-state index contributed by atoms with van der Waals surface area (Å²) in [6, 6.07) is 11.9. The zero-order valence-corrected chi connectivity index (χ0v) is 22.5. The number of hydrogen-bond donors (Lipinski definition) is 0. The van der Waals surface area contributed by atoms with Gasteiger partial charge in [-0.05, 0) is 86.9 Å². The van der Waals surface area contributed by atoms with E-state index in [0.717, 1.165) is 61.7 Å². The second-order valence-corrected chi connectivity index (χ2v) is 10.5. The summed E-state index contributed by atoms with van der Waals surface area (Å²) in [5.41, 5.74) is 3.06. The zero-order chi connectivity index (χ0) is 25.8. The molecule has 2 aromatic carbocycles. The van der Waals surface area contributed by atoms with Gasteiger partial charge >= 0.3 is 0 Å². The third-order valence-corrected chi connectivity index (χ3v) is 7.57. The van der Waals surface area contributed by atoms with Gasteiger partial charge < -0.3 is 19.3 Å². The van der Waals surface area contributed by atoms with Crippen LogP contribution in [-0.4, -0.2) is 54.0 Å². The third-order valence-electron chi connectivity index (χ3n) is 7.32. The second-order valence-electron chi connectivity index (χ2n) is 10.1. The predicted octanol–water partition coefficient (Wildman–Crippen LogP) is 5.79. The summed E-state index contributed by atoms with van der Waals surface area (Å²) in [6.45, 7) is 6.85. The summed E-state index contributed by atoms with van der Waals surface area (Å²) in [5.74, 6) is 1.44. The highest BCUT2D eigenvalue weighted by Gasteiger charge is 2.40. The van der Waals surface area contributed by atoms with Gasteiger partial charge in [-0.15, -0.1) is 0 Å². The van der Waals surface area contributed by atoms with E-state index < -0.39 is 0 Å². The van der Waals surface area contributed by atoms with E-state index in [-0.39, 0.29) is 30.1 Å². The van der Waals surface area contributed by atoms with Gasteiger partial charge in [0.25, 0.3) is 0 Å². The molecular weight excluding hydrogens is 476 g/mol. The smallest absolute Gasteiger partial charge is 0.228 e. The van der Waals surface area contributed by atoms with E-state index in [4.69, 9.17) is 21.1 Å². The van der Waals surface area contributed by atoms with E-state index in [9.17, 15) is 9.59 Å². The average Bonchev–Trinajstić information content (AvgIpc) is 2.87. The highest BCUT2D eigenvalue weighted by Crippen LogP contribution is 2.44. The summed E-state index contributed by atoms with van der Waals surface area (Å²) in [7, 11) is 1.63. The maximum absolute atomic E-state index is 13.7. The molecule has 2 aromatic rings. The van der Waals surface area contributed by atoms with Crippen molar-refractivity contribution in [3.8, 4) is 11.5 Å². The number of rotatable bonds is 9. The van der Waals surface area contributed by atoms with Crippen molar-refractivity contribution in [1.82, 2.24) is 9.80 Å². The molecule has 1 atom stereocenters. The summed E-state index contributed by atoms with van der Waals surface area (Å²) in [5, 5.41) is 0.664. The fourth-order valence-electron chi connectivity index (χ4n) is 5.73. The summed E-state index contributed by atoms with van der Waals surface area (Å²) < 4.78 is 11.7. The van der Waals surface area contributed by atoms with Crippen molar-refractivity contribution in [3.63, 3.8) is 0 Å². The van der Waals surface area contributed by atoms with Crippen molar-refractivity contribution in [1.29, 1.82) is 0 Å². The molecule has 2 aliphatic rings. The van der Waals surface area contributed by atoms with Gasteiger partial charge in [-0.1, -0.05) is 30.7 Å². The van der Waals surface area contributed by atoms with Gasteiger partial charge in [-0.2, -0.15) is 0 Å². The Morgan fingerprint density at radius 1 is 1.11 bits per heavy atom. The fraction of sp³-hybridized carbons (Fsp3) is 0.517. The number of fused-ring (bicyclic) bond motifs is 1. The van der Waals surface area contributed by atoms with Crippen LogP contribution in [0, 0.1) is 0 Å². The molecule has 0 bridgehead atoms. The number of carbonyl (C=O) groups excluding carboxylic acids is 2. The number of benzene rings is 2. The van der Waals surface area contributed by atoms with Crippen molar-refractivity contribution >= 4 is 23.9 Å². The first kappa shape index (κ1) is 26.3. The van der Waals surface area contributed by atoms with Crippen molar-refractivity contribution in [2.75, 3.05) is 13.7 Å². The van der Waals surface area contributed by atoms with Crippen molar-refractivity contribution in [3.05, 3.63) is 58.1 Å². The summed E-state index contributed by atoms with van der Waals surface area (Å²) in [4.78, 5) is 29.3. The Hall–Kier alpha value is -2.73. The first-order valence-corrected chi connectivity index (χ1v) is 13.4. The number of carbonyl (C=O) groups is 2. The van der Waals surface area contributed by atoms with E-state index in [0.29, 0.717) is 22.9 Å². The lowest BCUT2D eigenvalue weighted by atomic mass is 9.82. The minimum atomic E-state index is -0.238. The average molecular weight is 513 g/mol. The van der Waals surface area contributed by atoms with Crippen LogP contribution in [0.3, 0.4) is 0 Å². The molecule has 194 valence electrons. The monoisotopic (exact) mass is 512 g/mol. The Bertz CT molecular complexity index is 1060. The van der Waals surface area contributed by atoms with Crippen molar-refractivity contribution < 1.29 is 19.1 Å². The minimum Gasteiger partial charge on any atom is -0.493 e. The van der Waals surface area contributed by atoms with Gasteiger partial charge in [0.15, 0.2) is 11.5 Å². The molecule has 0 aromatic heterocycles. The molecule has 7 heteroatoms. The van der Waals surface area contributed by atoms with Crippen LogP contribution in [0.2, 0.25) is 5.02 Å². The molecular formula is C29H37ClN2O4. The Kier molecular flexibility index (Phi) is 8.45. The lowest BCUT2D eigenvalue weighted by molar-refractivity contribution is -0.137. The van der Waals surface area contributed by atoms with E-state index >= 15 is 0 Å². The van der Waals surface area contributed by atoms with Crippen LogP contribution in [0.5, 0.6) is 11.5 Å². The van der Waals surface area contributed by atoms with Gasteiger partial charge in [-0.25, -0.2) is 0 Å². The molecule has 36 heavy (non-hydrogen) atoms. The van der Waals surface area contributed by atoms with Crippen LogP contribution in [0.4, 0.5) is 0 Å². The zero-order valence-electron chi connectivity index (χ0n) is 21.7. The van der Waals surface area contributed by atoms with Crippen LogP contribution < -0.4 is 9.47 Å². The Morgan fingerprint density at radius 3 is 2.39 bits per heavy atom. The standard InChI is InChI=1S/C29H37ClN2O4/c1-5-14-31(18-33)23-10-12-24(13-11-23)32-28(34)16-21-15-26(35-4)27(36-19(2)3)17-25(21)29(32)20-6-8-22(30)9-7-20/h6-9,15,17-19,23-24,29H,5,10-14,16H2,1-4H3. The fourth-order valence-corrected chi connectivity index (χ4v) is 5.85. The molecule has 0 saturated heterocycles. The normalized spacial score (nSPS) is 21.8. The number of methoxy groups -OCH3 is 1. The Labute approximate surface area is 219 Å². The molecule has 0 spiro atoms. The molecule has 1 saturated carbocycles. The van der Waals surface area contributed by atoms with Gasteiger partial charge in [0.05, 0.1) is 25.7 Å². The molecule has 1 unspecified atom stereocenters. The first-order chi connectivity index (χ1) is 17.4. The number of ether oxygens (including phenoxy) is 2. The minimum absolute atomic E-state index is 0.00794. The summed E-state index contributed by atoms with van der Waals surface area (Å²) >= 11 is 6.22. The van der Waals surface area contributed by atoms with Gasteiger partial charge in [-0.3, -0.25) is 9.59 Å². The van der Waals surface area contributed by atoms with Crippen LogP contribution in [0.25, 0.3) is 0 Å². The van der Waals surface area contributed by atoms with E-state index in [2.05, 4.69) is 11.8 Å². The molecule has 0 N–H and O–H groups in total. The molecule has 2 amide bonds. The van der Waals surface area contributed by atoms with Crippen LogP contribution >= 0.6 is 11.6 Å². The topological polar surface area (TPSA) is 59.1 Å². The first-order valence-electron chi connectivity index (χ1n) is 13.0. The highest BCUT2D eigenvalue weighted by molar-refractivity contribution is 6.30. The van der Waals surface area contributed by atoms with Crippen molar-refractivity contribution in [2.45, 2.75) is 83.5 Å². The van der Waals surface area contributed by atoms with Crippen LogP contribution in [0.1, 0.15) is 75.6 Å². The second kappa shape index (κ2) is 11.5. The predicted molar refractivity (Wildman–Crippen MR) is 142 cm³/mol. The molecule has 1 fully saturated rings. The SMILES string of the molecule is CCCN(C=O)C1CCC(N2C(=O)Cc3cc(OC)c(OC(C)C)cc3C2c2ccc(Cl)cc2)CC1. The molecule has 1 aliphatic carbocycles. The highest BCUT2D eigenvalue weighted by atomic mass is 35.5. The number of hydrogen-bond acceptors (Lipinski definition) is 4.